The Morgan fingerprint density at radius 3 is 2.28 bits per heavy atom. The molecule has 0 saturated carbocycles. The van der Waals surface area contributed by atoms with Crippen molar-refractivity contribution in [1.82, 2.24) is 0 Å². The Morgan fingerprint density at radius 2 is 1.67 bits per heavy atom. The van der Waals surface area contributed by atoms with Gasteiger partial charge in [0.25, 0.3) is 0 Å². The normalized spacial score (nSPS) is 14.4. The van der Waals surface area contributed by atoms with E-state index >= 15 is 0 Å². The Hall–Kier alpha value is -0.780. The first kappa shape index (κ1) is 17.2. The predicted octanol–water partition coefficient (Wildman–Crippen LogP) is 6.31. The topological polar surface area (TPSA) is 0 Å². The van der Waals surface area contributed by atoms with Crippen molar-refractivity contribution in [2.75, 3.05) is 0 Å². The van der Waals surface area contributed by atoms with Crippen LogP contribution in [0.5, 0.6) is 0 Å². The monoisotopic (exact) mass is 248 g/mol. The SMILES string of the molecule is C=CC=CC=C(C)CCCC(C)CCCC(C)C. The molecule has 0 nitrogen and oxygen atoms in total. The first-order valence-electron chi connectivity index (χ1n) is 7.51. The van der Waals surface area contributed by atoms with Crippen LogP contribution < -0.4 is 0 Å². The second-order valence-electron chi connectivity index (χ2n) is 5.96. The zero-order chi connectivity index (χ0) is 13.8. The second-order valence-corrected chi connectivity index (χ2v) is 5.96. The molecule has 0 aliphatic heterocycles. The van der Waals surface area contributed by atoms with Gasteiger partial charge in [0.1, 0.15) is 0 Å². The quantitative estimate of drug-likeness (QED) is 0.397. The van der Waals surface area contributed by atoms with Gasteiger partial charge in [0, 0.05) is 0 Å². The van der Waals surface area contributed by atoms with Gasteiger partial charge in [-0.05, 0) is 31.6 Å². The number of allylic oxidation sites excluding steroid dienone is 5. The van der Waals surface area contributed by atoms with E-state index in [0.717, 1.165) is 11.8 Å². The minimum absolute atomic E-state index is 0.860. The summed E-state index contributed by atoms with van der Waals surface area (Å²) in [5, 5.41) is 0. The summed E-state index contributed by atoms with van der Waals surface area (Å²) in [5.74, 6) is 1.75. The van der Waals surface area contributed by atoms with Gasteiger partial charge in [0.05, 0.1) is 0 Å². The van der Waals surface area contributed by atoms with Crippen LogP contribution in [-0.2, 0) is 0 Å². The van der Waals surface area contributed by atoms with Gasteiger partial charge in [0.15, 0.2) is 0 Å². The highest BCUT2D eigenvalue weighted by Gasteiger charge is 2.03. The smallest absolute Gasteiger partial charge is 0.0320 e. The van der Waals surface area contributed by atoms with Gasteiger partial charge in [-0.15, -0.1) is 0 Å². The Labute approximate surface area is 115 Å². The molecule has 1 atom stereocenters. The summed E-state index contributed by atoms with van der Waals surface area (Å²) < 4.78 is 0. The van der Waals surface area contributed by atoms with Crippen molar-refractivity contribution in [2.24, 2.45) is 11.8 Å². The van der Waals surface area contributed by atoms with Crippen LogP contribution in [0.25, 0.3) is 0 Å². The highest BCUT2D eigenvalue weighted by atomic mass is 14.1. The van der Waals surface area contributed by atoms with Crippen LogP contribution in [0.1, 0.15) is 66.2 Å². The van der Waals surface area contributed by atoms with Crippen LogP contribution in [0.3, 0.4) is 0 Å². The van der Waals surface area contributed by atoms with Gasteiger partial charge in [-0.1, -0.05) is 82.9 Å². The van der Waals surface area contributed by atoms with Crippen LogP contribution in [0.15, 0.2) is 36.5 Å². The average Bonchev–Trinajstić information content (AvgIpc) is 2.29. The van der Waals surface area contributed by atoms with Crippen LogP contribution in [0, 0.1) is 11.8 Å². The van der Waals surface area contributed by atoms with Gasteiger partial charge in [-0.25, -0.2) is 0 Å². The van der Waals surface area contributed by atoms with Crippen LogP contribution in [0.2, 0.25) is 0 Å². The molecule has 0 fully saturated rings. The van der Waals surface area contributed by atoms with Gasteiger partial charge in [0.2, 0.25) is 0 Å². The van der Waals surface area contributed by atoms with E-state index in [1.807, 2.05) is 12.2 Å². The van der Waals surface area contributed by atoms with Gasteiger partial charge in [-0.2, -0.15) is 0 Å². The average molecular weight is 248 g/mol. The second kappa shape index (κ2) is 11.3. The molecular weight excluding hydrogens is 216 g/mol. The van der Waals surface area contributed by atoms with E-state index in [0.29, 0.717) is 0 Å². The van der Waals surface area contributed by atoms with Gasteiger partial charge < -0.3 is 0 Å². The van der Waals surface area contributed by atoms with Crippen molar-refractivity contribution in [1.29, 1.82) is 0 Å². The maximum absolute atomic E-state index is 3.67. The van der Waals surface area contributed by atoms with Crippen molar-refractivity contribution < 1.29 is 0 Å². The highest BCUT2D eigenvalue weighted by molar-refractivity contribution is 5.13. The molecule has 0 aromatic rings. The number of hydrogen-bond donors (Lipinski definition) is 0. The van der Waals surface area contributed by atoms with E-state index in [1.54, 1.807) is 0 Å². The third kappa shape index (κ3) is 11.7. The maximum atomic E-state index is 3.67. The van der Waals surface area contributed by atoms with Gasteiger partial charge >= 0.3 is 0 Å². The molecule has 0 heteroatoms. The van der Waals surface area contributed by atoms with Crippen LogP contribution in [-0.4, -0.2) is 0 Å². The number of hydrogen-bond acceptors (Lipinski definition) is 0. The van der Waals surface area contributed by atoms with Crippen molar-refractivity contribution in [3.63, 3.8) is 0 Å². The lowest BCUT2D eigenvalue weighted by atomic mass is 9.94. The lowest BCUT2D eigenvalue weighted by Crippen LogP contribution is -1.97. The van der Waals surface area contributed by atoms with Crippen LogP contribution in [0.4, 0.5) is 0 Å². The molecule has 0 radical (unpaired) electrons. The molecule has 1 unspecified atom stereocenters. The molecule has 0 amide bonds. The largest absolute Gasteiger partial charge is 0.0991 e. The third-order valence-electron chi connectivity index (χ3n) is 3.37. The molecule has 0 aromatic carbocycles. The number of rotatable bonds is 10. The Morgan fingerprint density at radius 1 is 1.00 bits per heavy atom. The fourth-order valence-electron chi connectivity index (χ4n) is 2.13. The first-order chi connectivity index (χ1) is 8.56. The van der Waals surface area contributed by atoms with E-state index in [2.05, 4.69) is 46.4 Å². The maximum Gasteiger partial charge on any atom is -0.0320 e. The lowest BCUT2D eigenvalue weighted by Gasteiger charge is -2.12. The zero-order valence-corrected chi connectivity index (χ0v) is 12.9. The van der Waals surface area contributed by atoms with E-state index in [1.165, 1.54) is 44.1 Å². The zero-order valence-electron chi connectivity index (χ0n) is 12.9. The molecule has 0 rings (SSSR count). The summed E-state index contributed by atoms with van der Waals surface area (Å²) in [6.07, 6.45) is 16.2. The first-order valence-corrected chi connectivity index (χ1v) is 7.51. The molecule has 0 heterocycles. The summed E-state index contributed by atoms with van der Waals surface area (Å²) >= 11 is 0. The fraction of sp³-hybridized carbons (Fsp3) is 0.667. The summed E-state index contributed by atoms with van der Waals surface area (Å²) in [6.45, 7) is 12.9. The summed E-state index contributed by atoms with van der Waals surface area (Å²) in [6, 6.07) is 0. The lowest BCUT2D eigenvalue weighted by molar-refractivity contribution is 0.427. The van der Waals surface area contributed by atoms with Crippen molar-refractivity contribution in [3.8, 4) is 0 Å². The standard InChI is InChI=1S/C18H32/c1-6-7-8-12-17(4)14-10-15-18(5)13-9-11-16(2)3/h6-8,12,16,18H,1,9-11,13-15H2,2-5H3. The molecule has 0 bridgehead atoms. The summed E-state index contributed by atoms with van der Waals surface area (Å²) in [5.41, 5.74) is 1.47. The molecule has 0 aliphatic carbocycles. The van der Waals surface area contributed by atoms with Crippen molar-refractivity contribution in [3.05, 3.63) is 36.5 Å². The predicted molar refractivity (Wildman–Crippen MR) is 84.8 cm³/mol. The molecule has 0 aromatic heterocycles. The summed E-state index contributed by atoms with van der Waals surface area (Å²) in [4.78, 5) is 0. The molecule has 0 saturated heterocycles. The van der Waals surface area contributed by atoms with Crippen LogP contribution >= 0.6 is 0 Å². The Bertz CT molecular complexity index is 255. The van der Waals surface area contributed by atoms with E-state index in [9.17, 15) is 0 Å². The van der Waals surface area contributed by atoms with E-state index in [4.69, 9.17) is 0 Å². The summed E-state index contributed by atoms with van der Waals surface area (Å²) in [7, 11) is 0. The molecule has 0 N–H and O–H groups in total. The molecule has 0 spiro atoms. The third-order valence-corrected chi connectivity index (χ3v) is 3.37. The van der Waals surface area contributed by atoms with Crippen molar-refractivity contribution >= 4 is 0 Å². The molecule has 18 heavy (non-hydrogen) atoms. The molecule has 0 aliphatic rings. The Balaban J connectivity index is 3.60. The minimum Gasteiger partial charge on any atom is -0.0991 e. The fourth-order valence-corrected chi connectivity index (χ4v) is 2.13. The highest BCUT2D eigenvalue weighted by Crippen LogP contribution is 2.18. The van der Waals surface area contributed by atoms with E-state index in [-0.39, 0.29) is 0 Å². The van der Waals surface area contributed by atoms with E-state index < -0.39 is 0 Å². The Kier molecular flexibility index (Phi) is 10.8. The van der Waals surface area contributed by atoms with Crippen molar-refractivity contribution in [2.45, 2.75) is 66.2 Å². The molecular formula is C18H32. The molecule has 104 valence electrons. The minimum atomic E-state index is 0.860. The van der Waals surface area contributed by atoms with Gasteiger partial charge in [-0.3, -0.25) is 0 Å².